The third-order valence-corrected chi connectivity index (χ3v) is 4.54. The number of nitrogens with two attached hydrogens (primary N) is 1. The van der Waals surface area contributed by atoms with Gasteiger partial charge < -0.3 is 20.3 Å². The third-order valence-electron chi connectivity index (χ3n) is 3.63. The minimum absolute atomic E-state index is 0.306. The SMILES string of the molecule is NC(=O)C1(CNc2nnc(-c3ccon3)s2)CCOCC1. The van der Waals surface area contributed by atoms with Gasteiger partial charge in [0.05, 0.1) is 5.41 Å². The number of carbonyl (C=O) groups is 1. The normalized spacial score (nSPS) is 17.5. The van der Waals surface area contributed by atoms with E-state index in [2.05, 4.69) is 20.7 Å². The molecule has 0 aliphatic carbocycles. The first kappa shape index (κ1) is 14.0. The molecule has 0 unspecified atom stereocenters. The minimum Gasteiger partial charge on any atom is -0.381 e. The minimum atomic E-state index is -0.585. The molecule has 0 radical (unpaired) electrons. The summed E-state index contributed by atoms with van der Waals surface area (Å²) in [7, 11) is 0. The second-order valence-corrected chi connectivity index (χ2v) is 5.89. The van der Waals surface area contributed by atoms with Gasteiger partial charge in [-0.1, -0.05) is 16.5 Å². The van der Waals surface area contributed by atoms with Gasteiger partial charge in [-0.2, -0.15) is 0 Å². The zero-order chi connectivity index (χ0) is 14.7. The fraction of sp³-hybridized carbons (Fsp3) is 0.500. The van der Waals surface area contributed by atoms with E-state index in [-0.39, 0.29) is 5.91 Å². The average molecular weight is 309 g/mol. The van der Waals surface area contributed by atoms with Gasteiger partial charge in [0.1, 0.15) is 12.0 Å². The molecule has 21 heavy (non-hydrogen) atoms. The van der Waals surface area contributed by atoms with Crippen molar-refractivity contribution in [1.82, 2.24) is 15.4 Å². The Morgan fingerprint density at radius 1 is 1.43 bits per heavy atom. The molecule has 3 N–H and O–H groups in total. The van der Waals surface area contributed by atoms with Crippen LogP contribution >= 0.6 is 11.3 Å². The molecule has 0 saturated carbocycles. The van der Waals surface area contributed by atoms with Crippen LogP contribution in [0.2, 0.25) is 0 Å². The van der Waals surface area contributed by atoms with E-state index in [9.17, 15) is 4.79 Å². The number of anilines is 1. The Labute approximate surface area is 124 Å². The van der Waals surface area contributed by atoms with Crippen molar-refractivity contribution in [2.45, 2.75) is 12.8 Å². The van der Waals surface area contributed by atoms with E-state index in [1.54, 1.807) is 6.07 Å². The van der Waals surface area contributed by atoms with Crippen LogP contribution in [0.4, 0.5) is 5.13 Å². The first-order chi connectivity index (χ1) is 10.2. The molecule has 2 aromatic heterocycles. The van der Waals surface area contributed by atoms with Gasteiger partial charge in [0.15, 0.2) is 5.01 Å². The van der Waals surface area contributed by atoms with Crippen molar-refractivity contribution in [1.29, 1.82) is 0 Å². The smallest absolute Gasteiger partial charge is 0.225 e. The topological polar surface area (TPSA) is 116 Å². The maximum absolute atomic E-state index is 11.8. The molecule has 3 heterocycles. The number of ether oxygens (including phenoxy) is 1. The number of hydrogen-bond donors (Lipinski definition) is 2. The molecule has 0 aromatic carbocycles. The van der Waals surface area contributed by atoms with Gasteiger partial charge in [-0.3, -0.25) is 4.79 Å². The summed E-state index contributed by atoms with van der Waals surface area (Å²) >= 11 is 1.35. The van der Waals surface area contributed by atoms with Crippen molar-refractivity contribution in [2.24, 2.45) is 11.1 Å². The number of carbonyl (C=O) groups excluding carboxylic acids is 1. The van der Waals surface area contributed by atoms with E-state index < -0.39 is 5.41 Å². The Balaban J connectivity index is 1.68. The van der Waals surface area contributed by atoms with Crippen molar-refractivity contribution in [3.8, 4) is 10.7 Å². The summed E-state index contributed by atoms with van der Waals surface area (Å²) in [6.07, 6.45) is 2.71. The van der Waals surface area contributed by atoms with Crippen molar-refractivity contribution in [3.63, 3.8) is 0 Å². The summed E-state index contributed by atoms with van der Waals surface area (Å²) in [6, 6.07) is 1.72. The van der Waals surface area contributed by atoms with E-state index >= 15 is 0 Å². The van der Waals surface area contributed by atoms with E-state index in [1.165, 1.54) is 17.6 Å². The van der Waals surface area contributed by atoms with Crippen LogP contribution in [0, 0.1) is 5.41 Å². The number of nitrogens with one attached hydrogen (secondary N) is 1. The van der Waals surface area contributed by atoms with Gasteiger partial charge >= 0.3 is 0 Å². The van der Waals surface area contributed by atoms with Gasteiger partial charge in [-0.15, -0.1) is 10.2 Å². The highest BCUT2D eigenvalue weighted by Crippen LogP contribution is 2.32. The summed E-state index contributed by atoms with van der Waals surface area (Å²) in [5.41, 5.74) is 5.61. The lowest BCUT2D eigenvalue weighted by Crippen LogP contribution is -2.46. The van der Waals surface area contributed by atoms with Crippen molar-refractivity contribution >= 4 is 22.4 Å². The maximum atomic E-state index is 11.8. The summed E-state index contributed by atoms with van der Waals surface area (Å²) in [6.45, 7) is 1.52. The Morgan fingerprint density at radius 3 is 2.90 bits per heavy atom. The Morgan fingerprint density at radius 2 is 2.24 bits per heavy atom. The lowest BCUT2D eigenvalue weighted by atomic mass is 9.79. The van der Waals surface area contributed by atoms with Crippen LogP contribution < -0.4 is 11.1 Å². The second kappa shape index (κ2) is 5.78. The van der Waals surface area contributed by atoms with Gasteiger partial charge in [-0.05, 0) is 12.8 Å². The summed E-state index contributed by atoms with van der Waals surface area (Å²) < 4.78 is 10.1. The Kier molecular flexibility index (Phi) is 3.84. The zero-order valence-electron chi connectivity index (χ0n) is 11.2. The molecule has 8 nitrogen and oxygen atoms in total. The molecular weight excluding hydrogens is 294 g/mol. The molecule has 0 atom stereocenters. The summed E-state index contributed by atoms with van der Waals surface area (Å²) in [4.78, 5) is 11.8. The molecule has 1 fully saturated rings. The molecular formula is C12H15N5O3S. The lowest BCUT2D eigenvalue weighted by molar-refractivity contribution is -0.132. The molecule has 1 amide bonds. The quantitative estimate of drug-likeness (QED) is 0.842. The molecule has 0 spiro atoms. The zero-order valence-corrected chi connectivity index (χ0v) is 12.1. The number of hydrogen-bond acceptors (Lipinski definition) is 8. The molecule has 9 heteroatoms. The molecule has 1 aliphatic rings. The average Bonchev–Trinajstić information content (AvgIpc) is 3.17. The number of amides is 1. The van der Waals surface area contributed by atoms with Crippen LogP contribution in [0.5, 0.6) is 0 Å². The predicted octanol–water partition coefficient (Wildman–Crippen LogP) is 0.887. The fourth-order valence-corrected chi connectivity index (χ4v) is 2.94. The van der Waals surface area contributed by atoms with E-state index in [4.69, 9.17) is 15.0 Å². The third kappa shape index (κ3) is 2.88. The van der Waals surface area contributed by atoms with E-state index in [1.807, 2.05) is 0 Å². The van der Waals surface area contributed by atoms with Crippen LogP contribution in [-0.4, -0.2) is 41.0 Å². The van der Waals surface area contributed by atoms with Crippen LogP contribution in [0.3, 0.4) is 0 Å². The van der Waals surface area contributed by atoms with Gasteiger partial charge in [0.2, 0.25) is 11.0 Å². The van der Waals surface area contributed by atoms with Crippen molar-refractivity contribution in [2.75, 3.05) is 25.1 Å². The largest absolute Gasteiger partial charge is 0.381 e. The monoisotopic (exact) mass is 309 g/mol. The molecule has 2 aromatic rings. The van der Waals surface area contributed by atoms with E-state index in [0.29, 0.717) is 48.4 Å². The molecule has 3 rings (SSSR count). The standard InChI is InChI=1S/C12H15N5O3S/c13-10(18)12(2-5-19-6-3-12)7-14-11-16-15-9(21-11)8-1-4-20-17-8/h1,4H,2-3,5-7H2,(H2,13,18)(H,14,16). The van der Waals surface area contributed by atoms with Crippen LogP contribution in [0.1, 0.15) is 12.8 Å². The Hall–Kier alpha value is -2.00. The fourth-order valence-electron chi connectivity index (χ4n) is 2.24. The molecule has 1 aliphatic heterocycles. The number of aromatic nitrogens is 3. The number of rotatable bonds is 5. The van der Waals surface area contributed by atoms with Gasteiger partial charge in [0, 0.05) is 25.8 Å². The second-order valence-electron chi connectivity index (χ2n) is 4.91. The number of nitrogens with zero attached hydrogens (tertiary/aromatic N) is 3. The van der Waals surface area contributed by atoms with Crippen LogP contribution in [-0.2, 0) is 9.53 Å². The highest BCUT2D eigenvalue weighted by atomic mass is 32.1. The number of primary amides is 1. The maximum Gasteiger partial charge on any atom is 0.225 e. The van der Waals surface area contributed by atoms with Crippen molar-refractivity contribution < 1.29 is 14.1 Å². The van der Waals surface area contributed by atoms with Crippen LogP contribution in [0.15, 0.2) is 16.9 Å². The van der Waals surface area contributed by atoms with E-state index in [0.717, 1.165) is 0 Å². The Bertz CT molecular complexity index is 606. The molecule has 0 bridgehead atoms. The molecule has 112 valence electrons. The first-order valence-corrected chi connectivity index (χ1v) is 7.37. The molecule has 1 saturated heterocycles. The summed E-state index contributed by atoms with van der Waals surface area (Å²) in [5.74, 6) is -0.306. The van der Waals surface area contributed by atoms with Gasteiger partial charge in [0.25, 0.3) is 0 Å². The summed E-state index contributed by atoms with van der Waals surface area (Å²) in [5, 5.41) is 16.3. The predicted molar refractivity (Wildman–Crippen MR) is 75.6 cm³/mol. The highest BCUT2D eigenvalue weighted by molar-refractivity contribution is 7.18. The lowest BCUT2D eigenvalue weighted by Gasteiger charge is -2.34. The van der Waals surface area contributed by atoms with Gasteiger partial charge in [-0.25, -0.2) is 0 Å². The first-order valence-electron chi connectivity index (χ1n) is 6.55. The highest BCUT2D eigenvalue weighted by Gasteiger charge is 2.38. The van der Waals surface area contributed by atoms with Crippen LogP contribution in [0.25, 0.3) is 10.7 Å². The van der Waals surface area contributed by atoms with Crippen molar-refractivity contribution in [3.05, 3.63) is 12.3 Å².